The van der Waals surface area contributed by atoms with Gasteiger partial charge in [0.2, 0.25) is 5.91 Å². The lowest BCUT2D eigenvalue weighted by Crippen LogP contribution is -2.45. The molecular weight excluding hydrogens is 523 g/mol. The molecular formula is C25H30F3N5O4S. The first-order valence-corrected chi connectivity index (χ1v) is 13.2. The minimum atomic E-state index is -4.56. The third-order valence-corrected chi connectivity index (χ3v) is 8.29. The first kappa shape index (κ1) is 28.0. The van der Waals surface area contributed by atoms with E-state index in [1.54, 1.807) is 7.05 Å². The SMILES string of the molecule is CNC(=O)c1cnc(C2(O)CCC(N3CC[C@@H](NC(=O)CNC(=O)c4cccc(C(F)(F)F)c4)C3)CC2)s1. The van der Waals surface area contributed by atoms with Crippen LogP contribution in [0, 0.1) is 0 Å². The number of aromatic nitrogens is 1. The van der Waals surface area contributed by atoms with Crippen molar-refractivity contribution < 1.29 is 32.7 Å². The molecule has 1 saturated carbocycles. The van der Waals surface area contributed by atoms with E-state index in [1.165, 1.54) is 23.6 Å². The quantitative estimate of drug-likeness (QED) is 0.417. The van der Waals surface area contributed by atoms with Crippen LogP contribution in [0.15, 0.2) is 30.5 Å². The van der Waals surface area contributed by atoms with Gasteiger partial charge in [0, 0.05) is 37.8 Å². The Morgan fingerprint density at radius 3 is 2.61 bits per heavy atom. The number of nitrogens with zero attached hydrogens (tertiary/aromatic N) is 2. The highest BCUT2D eigenvalue weighted by Crippen LogP contribution is 2.40. The summed E-state index contributed by atoms with van der Waals surface area (Å²) in [6.45, 7) is 1.07. The molecule has 38 heavy (non-hydrogen) atoms. The van der Waals surface area contributed by atoms with Gasteiger partial charge in [-0.2, -0.15) is 13.2 Å². The van der Waals surface area contributed by atoms with Crippen molar-refractivity contribution in [2.75, 3.05) is 26.7 Å². The lowest BCUT2D eigenvalue weighted by atomic mass is 9.82. The van der Waals surface area contributed by atoms with Gasteiger partial charge in [0.25, 0.3) is 11.8 Å². The average Bonchev–Trinajstić information content (AvgIpc) is 3.58. The number of thiazole rings is 1. The minimum Gasteiger partial charge on any atom is -0.383 e. The van der Waals surface area contributed by atoms with Crippen molar-refractivity contribution >= 4 is 29.1 Å². The summed E-state index contributed by atoms with van der Waals surface area (Å²) in [5, 5.41) is 19.5. The third-order valence-electron chi connectivity index (χ3n) is 7.10. The molecule has 0 spiro atoms. The molecule has 0 unspecified atom stereocenters. The lowest BCUT2D eigenvalue weighted by Gasteiger charge is -2.38. The van der Waals surface area contributed by atoms with Crippen molar-refractivity contribution in [1.82, 2.24) is 25.8 Å². The number of aliphatic hydroxyl groups is 1. The fourth-order valence-electron chi connectivity index (χ4n) is 4.99. The van der Waals surface area contributed by atoms with E-state index < -0.39 is 29.2 Å². The normalized spacial score (nSPS) is 24.1. The summed E-state index contributed by atoms with van der Waals surface area (Å²) >= 11 is 1.20. The standard InChI is InChI=1S/C25H30F3N5O4S/c1-29-22(36)19-12-31-23(38-19)24(37)8-5-18(6-9-24)33-10-7-17(14-33)32-20(34)13-30-21(35)15-3-2-4-16(11-15)25(26,27)28/h2-4,11-12,17-18,37H,5-10,13-14H2,1H3,(H,29,36)(H,30,35)(H,32,34)/t17-,18?,24?/m1/s1. The van der Waals surface area contributed by atoms with E-state index >= 15 is 0 Å². The van der Waals surface area contributed by atoms with E-state index in [9.17, 15) is 32.7 Å². The molecule has 13 heteroatoms. The molecule has 0 radical (unpaired) electrons. The topological polar surface area (TPSA) is 124 Å². The van der Waals surface area contributed by atoms with Gasteiger partial charge in [0.05, 0.1) is 18.3 Å². The van der Waals surface area contributed by atoms with Crippen LogP contribution in [-0.4, -0.2) is 71.5 Å². The van der Waals surface area contributed by atoms with E-state index in [1.807, 2.05) is 0 Å². The third kappa shape index (κ3) is 6.51. The summed E-state index contributed by atoms with van der Waals surface area (Å²) in [7, 11) is 1.55. The Morgan fingerprint density at radius 1 is 1.18 bits per heavy atom. The fourth-order valence-corrected chi connectivity index (χ4v) is 6.00. The molecule has 4 rings (SSSR count). The van der Waals surface area contributed by atoms with E-state index in [-0.39, 0.29) is 30.1 Å². The zero-order valence-electron chi connectivity index (χ0n) is 20.8. The number of carbonyl (C=O) groups is 3. The van der Waals surface area contributed by atoms with E-state index in [4.69, 9.17) is 0 Å². The van der Waals surface area contributed by atoms with Crippen LogP contribution >= 0.6 is 11.3 Å². The molecule has 1 aromatic carbocycles. The Balaban J connectivity index is 1.21. The Labute approximate surface area is 221 Å². The van der Waals surface area contributed by atoms with Crippen LogP contribution in [-0.2, 0) is 16.6 Å². The van der Waals surface area contributed by atoms with Crippen molar-refractivity contribution in [2.24, 2.45) is 0 Å². The van der Waals surface area contributed by atoms with Gasteiger partial charge in [-0.25, -0.2) is 4.98 Å². The predicted octanol–water partition coefficient (Wildman–Crippen LogP) is 2.27. The Kier molecular flexibility index (Phi) is 8.38. The number of hydrogen-bond donors (Lipinski definition) is 4. The maximum absolute atomic E-state index is 12.9. The van der Waals surface area contributed by atoms with Gasteiger partial charge < -0.3 is 21.1 Å². The largest absolute Gasteiger partial charge is 0.416 e. The van der Waals surface area contributed by atoms with Crippen molar-refractivity contribution in [3.8, 4) is 0 Å². The van der Waals surface area contributed by atoms with E-state index in [2.05, 4.69) is 25.8 Å². The Hall–Kier alpha value is -3.03. The van der Waals surface area contributed by atoms with Crippen LogP contribution in [0.3, 0.4) is 0 Å². The molecule has 1 aliphatic heterocycles. The van der Waals surface area contributed by atoms with Crippen molar-refractivity contribution in [3.63, 3.8) is 0 Å². The van der Waals surface area contributed by atoms with Gasteiger partial charge in [-0.3, -0.25) is 19.3 Å². The van der Waals surface area contributed by atoms with Crippen LogP contribution in [0.2, 0.25) is 0 Å². The number of hydrogen-bond acceptors (Lipinski definition) is 7. The minimum absolute atomic E-state index is 0.108. The number of nitrogens with one attached hydrogen (secondary N) is 3. The number of halogens is 3. The summed E-state index contributed by atoms with van der Waals surface area (Å²) in [6.07, 6.45) is 0.198. The molecule has 2 fully saturated rings. The van der Waals surface area contributed by atoms with Crippen molar-refractivity contribution in [2.45, 2.75) is 56.0 Å². The molecule has 1 atom stereocenters. The molecule has 2 heterocycles. The lowest BCUT2D eigenvalue weighted by molar-refractivity contribution is -0.137. The van der Waals surface area contributed by atoms with E-state index in [0.717, 1.165) is 44.0 Å². The summed E-state index contributed by atoms with van der Waals surface area (Å²) in [4.78, 5) is 43.4. The van der Waals surface area contributed by atoms with Crippen molar-refractivity contribution in [1.29, 1.82) is 0 Å². The molecule has 1 aromatic heterocycles. The molecule has 9 nitrogen and oxygen atoms in total. The summed E-state index contributed by atoms with van der Waals surface area (Å²) < 4.78 is 38.6. The molecule has 2 aromatic rings. The average molecular weight is 554 g/mol. The highest BCUT2D eigenvalue weighted by atomic mass is 32.1. The first-order valence-electron chi connectivity index (χ1n) is 12.4. The highest BCUT2D eigenvalue weighted by molar-refractivity contribution is 7.13. The monoisotopic (exact) mass is 553 g/mol. The number of carbonyl (C=O) groups excluding carboxylic acids is 3. The van der Waals surface area contributed by atoms with Crippen molar-refractivity contribution in [3.05, 3.63) is 51.5 Å². The fraction of sp³-hybridized carbons (Fsp3) is 0.520. The van der Waals surface area contributed by atoms with Gasteiger partial charge >= 0.3 is 6.18 Å². The number of rotatable bonds is 7. The Morgan fingerprint density at radius 2 is 1.92 bits per heavy atom. The van der Waals surface area contributed by atoms with Crippen LogP contribution in [0.4, 0.5) is 13.2 Å². The molecule has 3 amide bonds. The van der Waals surface area contributed by atoms with Crippen LogP contribution in [0.5, 0.6) is 0 Å². The molecule has 2 aliphatic rings. The van der Waals surface area contributed by atoms with Gasteiger partial charge in [-0.05, 0) is 50.3 Å². The second-order valence-electron chi connectivity index (χ2n) is 9.68. The summed E-state index contributed by atoms with van der Waals surface area (Å²) in [5.74, 6) is -1.39. The maximum Gasteiger partial charge on any atom is 0.416 e. The number of benzene rings is 1. The number of alkyl halides is 3. The van der Waals surface area contributed by atoms with Gasteiger partial charge in [-0.1, -0.05) is 6.07 Å². The van der Waals surface area contributed by atoms with Gasteiger partial charge in [0.1, 0.15) is 15.5 Å². The second-order valence-corrected chi connectivity index (χ2v) is 10.7. The van der Waals surface area contributed by atoms with Crippen LogP contribution < -0.4 is 16.0 Å². The first-order chi connectivity index (χ1) is 18.0. The van der Waals surface area contributed by atoms with Gasteiger partial charge in [0.15, 0.2) is 0 Å². The summed E-state index contributed by atoms with van der Waals surface area (Å²) in [5.41, 5.74) is -2.15. The predicted molar refractivity (Wildman–Crippen MR) is 134 cm³/mol. The number of amides is 3. The van der Waals surface area contributed by atoms with Crippen LogP contribution in [0.25, 0.3) is 0 Å². The molecule has 206 valence electrons. The second kappa shape index (κ2) is 11.4. The molecule has 0 bridgehead atoms. The highest BCUT2D eigenvalue weighted by Gasteiger charge is 2.40. The summed E-state index contributed by atoms with van der Waals surface area (Å²) in [6, 6.07) is 4.18. The molecule has 1 aliphatic carbocycles. The molecule has 1 saturated heterocycles. The maximum atomic E-state index is 12.9. The molecule has 4 N–H and O–H groups in total. The van der Waals surface area contributed by atoms with Crippen LogP contribution in [0.1, 0.15) is 62.7 Å². The zero-order chi connectivity index (χ0) is 27.5. The number of likely N-dealkylation sites (tertiary alicyclic amines) is 1. The Bertz CT molecular complexity index is 1180. The van der Waals surface area contributed by atoms with Gasteiger partial charge in [-0.15, -0.1) is 11.3 Å². The smallest absolute Gasteiger partial charge is 0.383 e. The zero-order valence-corrected chi connectivity index (χ0v) is 21.6. The van der Waals surface area contributed by atoms with E-state index in [0.29, 0.717) is 29.3 Å².